The first-order chi connectivity index (χ1) is 10.7. The second kappa shape index (κ2) is 7.01. The van der Waals surface area contributed by atoms with E-state index in [2.05, 4.69) is 41.5 Å². The van der Waals surface area contributed by atoms with Gasteiger partial charge in [-0.25, -0.2) is 0 Å². The molecule has 1 spiro atoms. The molecule has 1 saturated heterocycles. The summed E-state index contributed by atoms with van der Waals surface area (Å²) in [7, 11) is 4.01. The highest BCUT2D eigenvalue weighted by atomic mass is 16.5. The molecule has 3 nitrogen and oxygen atoms in total. The molecule has 0 radical (unpaired) electrons. The fraction of sp³-hybridized carbons (Fsp3) is 0.684. The minimum Gasteiger partial charge on any atom is -0.497 e. The minimum absolute atomic E-state index is 0.669. The van der Waals surface area contributed by atoms with Crippen LogP contribution in [0, 0.1) is 5.41 Å². The van der Waals surface area contributed by atoms with Gasteiger partial charge in [0.25, 0.3) is 0 Å². The lowest BCUT2D eigenvalue weighted by molar-refractivity contribution is 0.0739. The summed E-state index contributed by atoms with van der Waals surface area (Å²) in [6, 6.07) is 9.25. The van der Waals surface area contributed by atoms with Gasteiger partial charge < -0.3 is 10.1 Å². The monoisotopic (exact) mass is 302 g/mol. The van der Waals surface area contributed by atoms with E-state index < -0.39 is 0 Å². The van der Waals surface area contributed by atoms with Crippen molar-refractivity contribution in [3.05, 3.63) is 29.8 Å². The van der Waals surface area contributed by atoms with E-state index in [1.54, 1.807) is 7.11 Å². The lowest BCUT2D eigenvalue weighted by Crippen LogP contribution is -2.43. The molecule has 2 fully saturated rings. The molecule has 22 heavy (non-hydrogen) atoms. The van der Waals surface area contributed by atoms with Gasteiger partial charge in [0.2, 0.25) is 0 Å². The summed E-state index contributed by atoms with van der Waals surface area (Å²) in [4.78, 5) is 2.55. The van der Waals surface area contributed by atoms with Gasteiger partial charge in [-0.15, -0.1) is 0 Å². The van der Waals surface area contributed by atoms with Crippen LogP contribution in [0.25, 0.3) is 0 Å². The average molecular weight is 302 g/mol. The van der Waals surface area contributed by atoms with Crippen molar-refractivity contribution >= 4 is 0 Å². The van der Waals surface area contributed by atoms with Crippen molar-refractivity contribution < 1.29 is 4.74 Å². The fourth-order valence-corrected chi connectivity index (χ4v) is 4.26. The van der Waals surface area contributed by atoms with E-state index >= 15 is 0 Å². The van der Waals surface area contributed by atoms with E-state index in [1.165, 1.54) is 57.2 Å². The van der Waals surface area contributed by atoms with Gasteiger partial charge in [0.1, 0.15) is 5.75 Å². The normalized spacial score (nSPS) is 22.1. The molecule has 122 valence electrons. The second-order valence-corrected chi connectivity index (χ2v) is 7.24. The van der Waals surface area contributed by atoms with Crippen molar-refractivity contribution in [1.29, 1.82) is 0 Å². The molecule has 1 aromatic rings. The molecule has 1 heterocycles. The lowest BCUT2D eigenvalue weighted by Gasteiger charge is -2.45. The summed E-state index contributed by atoms with van der Waals surface area (Å²) in [5, 5.41) is 3.51. The highest BCUT2D eigenvalue weighted by molar-refractivity contribution is 5.27. The zero-order chi connectivity index (χ0) is 15.4. The fourth-order valence-electron chi connectivity index (χ4n) is 4.26. The maximum absolute atomic E-state index is 5.24. The summed E-state index contributed by atoms with van der Waals surface area (Å²) in [5.41, 5.74) is 2.05. The van der Waals surface area contributed by atoms with Gasteiger partial charge >= 0.3 is 0 Å². The summed E-state index contributed by atoms with van der Waals surface area (Å²) < 4.78 is 5.24. The molecule has 1 saturated carbocycles. The lowest BCUT2D eigenvalue weighted by atomic mass is 9.67. The van der Waals surface area contributed by atoms with Crippen LogP contribution in [0.5, 0.6) is 5.75 Å². The Morgan fingerprint density at radius 1 is 1.09 bits per heavy atom. The largest absolute Gasteiger partial charge is 0.497 e. The Labute approximate surface area is 135 Å². The molecule has 1 aromatic carbocycles. The number of hydrogen-bond donors (Lipinski definition) is 1. The van der Waals surface area contributed by atoms with Gasteiger partial charge in [-0.2, -0.15) is 0 Å². The van der Waals surface area contributed by atoms with E-state index in [-0.39, 0.29) is 0 Å². The zero-order valence-electron chi connectivity index (χ0n) is 14.1. The molecule has 0 amide bonds. The van der Waals surface area contributed by atoms with E-state index in [0.29, 0.717) is 5.41 Å². The predicted octanol–water partition coefficient (Wildman–Crippen LogP) is 3.44. The number of nitrogens with one attached hydrogen (secondary N) is 1. The molecular formula is C19H30N2O. The molecule has 3 rings (SSSR count). The third-order valence-electron chi connectivity index (χ3n) is 5.89. The van der Waals surface area contributed by atoms with Gasteiger partial charge in [-0.05, 0) is 81.8 Å². The van der Waals surface area contributed by atoms with E-state index in [1.807, 2.05) is 0 Å². The van der Waals surface area contributed by atoms with Gasteiger partial charge in [0.15, 0.2) is 0 Å². The van der Waals surface area contributed by atoms with Gasteiger partial charge in [0, 0.05) is 12.6 Å². The number of ether oxygens (including phenoxy) is 1. The molecule has 1 N–H and O–H groups in total. The third-order valence-corrected chi connectivity index (χ3v) is 5.89. The summed E-state index contributed by atoms with van der Waals surface area (Å²) in [6.45, 7) is 3.50. The van der Waals surface area contributed by atoms with Crippen LogP contribution < -0.4 is 10.1 Å². The van der Waals surface area contributed by atoms with Crippen LogP contribution in [-0.4, -0.2) is 38.2 Å². The zero-order valence-corrected chi connectivity index (χ0v) is 14.1. The molecule has 0 bridgehead atoms. The Balaban J connectivity index is 1.51. The number of benzene rings is 1. The maximum Gasteiger partial charge on any atom is 0.118 e. The summed E-state index contributed by atoms with van der Waals surface area (Å²) in [6.07, 6.45) is 8.36. The molecule has 2 aliphatic rings. The summed E-state index contributed by atoms with van der Waals surface area (Å²) in [5.74, 6) is 0.942. The standard InChI is InChI=1S/C19H30N2O/c1-21(15-16-3-5-18(22-2)6-4-16)17-7-9-19(10-8-17)11-13-20-14-12-19/h3-6,17,20H,7-15H2,1-2H3. The Morgan fingerprint density at radius 3 is 2.32 bits per heavy atom. The number of rotatable bonds is 4. The van der Waals surface area contributed by atoms with Crippen molar-refractivity contribution in [1.82, 2.24) is 10.2 Å². The van der Waals surface area contributed by atoms with Crippen molar-refractivity contribution in [2.45, 2.75) is 51.1 Å². The highest BCUT2D eigenvalue weighted by Crippen LogP contribution is 2.44. The van der Waals surface area contributed by atoms with Crippen LogP contribution >= 0.6 is 0 Å². The molecular weight excluding hydrogens is 272 g/mol. The van der Waals surface area contributed by atoms with Crippen LogP contribution in [0.2, 0.25) is 0 Å². The highest BCUT2D eigenvalue weighted by Gasteiger charge is 2.36. The quantitative estimate of drug-likeness (QED) is 0.922. The summed E-state index contributed by atoms with van der Waals surface area (Å²) >= 11 is 0. The average Bonchev–Trinajstić information content (AvgIpc) is 2.57. The molecule has 0 unspecified atom stereocenters. The minimum atomic E-state index is 0.669. The van der Waals surface area contributed by atoms with Crippen molar-refractivity contribution in [2.24, 2.45) is 5.41 Å². The molecule has 1 aliphatic carbocycles. The first kappa shape index (κ1) is 15.8. The number of piperidine rings is 1. The number of nitrogens with zero attached hydrogens (tertiary/aromatic N) is 1. The van der Waals surface area contributed by atoms with Gasteiger partial charge in [-0.3, -0.25) is 4.90 Å². The molecule has 0 aromatic heterocycles. The predicted molar refractivity (Wildman–Crippen MR) is 91.3 cm³/mol. The molecule has 1 aliphatic heterocycles. The first-order valence-corrected chi connectivity index (χ1v) is 8.75. The van der Waals surface area contributed by atoms with Gasteiger partial charge in [0.05, 0.1) is 7.11 Å². The first-order valence-electron chi connectivity index (χ1n) is 8.75. The SMILES string of the molecule is COc1ccc(CN(C)C2CCC3(CCNCC3)CC2)cc1. The van der Waals surface area contributed by atoms with Gasteiger partial charge in [-0.1, -0.05) is 12.1 Å². The second-order valence-electron chi connectivity index (χ2n) is 7.24. The van der Waals surface area contributed by atoms with E-state index in [9.17, 15) is 0 Å². The Hall–Kier alpha value is -1.06. The van der Waals surface area contributed by atoms with Crippen LogP contribution in [0.4, 0.5) is 0 Å². The van der Waals surface area contributed by atoms with E-state index in [4.69, 9.17) is 4.74 Å². The molecule has 0 atom stereocenters. The Kier molecular flexibility index (Phi) is 5.04. The van der Waals surface area contributed by atoms with Crippen LogP contribution in [0.3, 0.4) is 0 Å². The van der Waals surface area contributed by atoms with Crippen molar-refractivity contribution in [2.75, 3.05) is 27.2 Å². The number of methoxy groups -OCH3 is 1. The Morgan fingerprint density at radius 2 is 1.73 bits per heavy atom. The van der Waals surface area contributed by atoms with Crippen LogP contribution in [0.1, 0.15) is 44.1 Å². The smallest absolute Gasteiger partial charge is 0.118 e. The topological polar surface area (TPSA) is 24.5 Å². The number of hydrogen-bond acceptors (Lipinski definition) is 3. The Bertz CT molecular complexity index is 455. The van der Waals surface area contributed by atoms with E-state index in [0.717, 1.165) is 18.3 Å². The third kappa shape index (κ3) is 3.64. The van der Waals surface area contributed by atoms with Crippen molar-refractivity contribution in [3.8, 4) is 5.75 Å². The van der Waals surface area contributed by atoms with Crippen LogP contribution in [-0.2, 0) is 6.54 Å². The van der Waals surface area contributed by atoms with Crippen molar-refractivity contribution in [3.63, 3.8) is 0 Å². The molecule has 3 heteroatoms. The van der Waals surface area contributed by atoms with Crippen LogP contribution in [0.15, 0.2) is 24.3 Å². The maximum atomic E-state index is 5.24.